The number of H-pyrrole nitrogens is 1. The predicted octanol–water partition coefficient (Wildman–Crippen LogP) is 2.00. The number of hydrogen-bond donors (Lipinski definition) is 2. The number of rotatable bonds is 3. The number of aromatic amines is 1. The van der Waals surface area contributed by atoms with Gasteiger partial charge in [-0.3, -0.25) is 14.2 Å². The van der Waals surface area contributed by atoms with Crippen LogP contribution in [0, 0.1) is 13.8 Å². The van der Waals surface area contributed by atoms with Gasteiger partial charge in [-0.1, -0.05) is 6.07 Å². The average molecular weight is 408 g/mol. The minimum Gasteiger partial charge on any atom is -0.483 e. The van der Waals surface area contributed by atoms with Crippen LogP contribution in [0.25, 0.3) is 15.9 Å². The zero-order chi connectivity index (χ0) is 20.1. The van der Waals surface area contributed by atoms with E-state index in [9.17, 15) is 9.59 Å². The van der Waals surface area contributed by atoms with E-state index in [1.165, 1.54) is 11.3 Å². The summed E-state index contributed by atoms with van der Waals surface area (Å²) in [6.45, 7) is 4.45. The third kappa shape index (κ3) is 2.88. The highest BCUT2D eigenvalue weighted by Crippen LogP contribution is 2.29. The Balaban J connectivity index is 1.39. The molecule has 0 fully saturated rings. The van der Waals surface area contributed by atoms with Gasteiger partial charge in [0.25, 0.3) is 11.5 Å². The lowest BCUT2D eigenvalue weighted by atomic mass is 10.1. The van der Waals surface area contributed by atoms with Crippen molar-refractivity contribution in [1.82, 2.24) is 30.0 Å². The van der Waals surface area contributed by atoms with Crippen LogP contribution >= 0.6 is 11.3 Å². The lowest BCUT2D eigenvalue weighted by Gasteiger charge is -2.19. The second kappa shape index (κ2) is 6.52. The van der Waals surface area contributed by atoms with E-state index in [2.05, 4.69) is 25.5 Å². The summed E-state index contributed by atoms with van der Waals surface area (Å²) in [7, 11) is 0. The van der Waals surface area contributed by atoms with Crippen molar-refractivity contribution in [3.63, 3.8) is 0 Å². The molecular weight excluding hydrogens is 392 g/mol. The lowest BCUT2D eigenvalue weighted by molar-refractivity contribution is 0.0940. The second-order valence-electron chi connectivity index (χ2n) is 6.77. The maximum Gasteiger partial charge on any atom is 0.287 e. The molecule has 1 aliphatic heterocycles. The van der Waals surface area contributed by atoms with Gasteiger partial charge in [0, 0.05) is 11.4 Å². The quantitative estimate of drug-likeness (QED) is 0.536. The van der Waals surface area contributed by atoms with E-state index >= 15 is 0 Å². The normalized spacial score (nSPS) is 12.3. The van der Waals surface area contributed by atoms with Crippen LogP contribution < -0.4 is 15.6 Å². The largest absolute Gasteiger partial charge is 0.483 e. The summed E-state index contributed by atoms with van der Waals surface area (Å²) in [6.07, 6.45) is 1.63. The molecule has 0 unspecified atom stereocenters. The molecule has 4 heterocycles. The van der Waals surface area contributed by atoms with Crippen LogP contribution in [-0.4, -0.2) is 30.6 Å². The maximum atomic E-state index is 12.6. The lowest BCUT2D eigenvalue weighted by Crippen LogP contribution is -2.27. The molecule has 0 bridgehead atoms. The van der Waals surface area contributed by atoms with Crippen LogP contribution in [0.1, 0.15) is 32.4 Å². The van der Waals surface area contributed by atoms with Crippen LogP contribution in [-0.2, 0) is 13.2 Å². The van der Waals surface area contributed by atoms with Crippen molar-refractivity contribution in [1.29, 1.82) is 0 Å². The number of aryl methyl sites for hydroxylation is 2. The first-order chi connectivity index (χ1) is 14.0. The summed E-state index contributed by atoms with van der Waals surface area (Å²) in [5.41, 5.74) is 2.29. The summed E-state index contributed by atoms with van der Waals surface area (Å²) in [5.74, 6) is 1.01. The molecule has 29 heavy (non-hydrogen) atoms. The third-order valence-corrected chi connectivity index (χ3v) is 6.07. The van der Waals surface area contributed by atoms with E-state index in [1.54, 1.807) is 6.33 Å². The standard InChI is InChI=1S/C19H16N6O3S/c1-9-10(2)29-19-15(9)17(26)22-16(23-19)18(27)20-6-11-3-4-13-12(5-11)25-8-21-24-14(25)7-28-13/h3-5,8H,6-7H2,1-2H3,(H,20,27)(H,22,23,26). The van der Waals surface area contributed by atoms with E-state index in [0.717, 1.165) is 33.3 Å². The number of fused-ring (bicyclic) bond motifs is 4. The molecule has 1 amide bonds. The number of benzene rings is 1. The van der Waals surface area contributed by atoms with Crippen molar-refractivity contribution in [2.45, 2.75) is 27.0 Å². The molecule has 9 nitrogen and oxygen atoms in total. The van der Waals surface area contributed by atoms with E-state index in [1.807, 2.05) is 36.6 Å². The first-order valence-corrected chi connectivity index (χ1v) is 9.76. The smallest absolute Gasteiger partial charge is 0.287 e. The number of nitrogens with one attached hydrogen (secondary N) is 2. The molecule has 146 valence electrons. The van der Waals surface area contributed by atoms with E-state index in [-0.39, 0.29) is 17.9 Å². The molecule has 3 aromatic heterocycles. The molecule has 0 saturated carbocycles. The van der Waals surface area contributed by atoms with Crippen LogP contribution in [0.2, 0.25) is 0 Å². The SMILES string of the molecule is Cc1sc2nc(C(=O)NCc3ccc4c(c3)-n3cnnc3CO4)[nH]c(=O)c2c1C. The molecule has 0 radical (unpaired) electrons. The number of carbonyl (C=O) groups excluding carboxylic acids is 1. The van der Waals surface area contributed by atoms with Gasteiger partial charge in [-0.15, -0.1) is 21.5 Å². The van der Waals surface area contributed by atoms with Gasteiger partial charge in [0.2, 0.25) is 5.82 Å². The van der Waals surface area contributed by atoms with Crippen LogP contribution in [0.5, 0.6) is 5.75 Å². The highest BCUT2D eigenvalue weighted by Gasteiger charge is 2.19. The van der Waals surface area contributed by atoms with Crippen molar-refractivity contribution in [2.75, 3.05) is 0 Å². The highest BCUT2D eigenvalue weighted by atomic mass is 32.1. The molecule has 0 saturated heterocycles. The molecule has 1 aromatic carbocycles. The second-order valence-corrected chi connectivity index (χ2v) is 7.97. The van der Waals surface area contributed by atoms with Gasteiger partial charge < -0.3 is 15.0 Å². The van der Waals surface area contributed by atoms with Crippen molar-refractivity contribution < 1.29 is 9.53 Å². The van der Waals surface area contributed by atoms with Crippen molar-refractivity contribution >= 4 is 27.5 Å². The average Bonchev–Trinajstić information content (AvgIpc) is 3.30. The Hall–Kier alpha value is -3.53. The van der Waals surface area contributed by atoms with E-state index in [0.29, 0.717) is 16.8 Å². The minimum absolute atomic E-state index is 0.00568. The number of carbonyl (C=O) groups is 1. The van der Waals surface area contributed by atoms with Crippen molar-refractivity contribution in [2.24, 2.45) is 0 Å². The summed E-state index contributed by atoms with van der Waals surface area (Å²) in [5, 5.41) is 11.3. The molecule has 0 aliphatic carbocycles. The molecule has 2 N–H and O–H groups in total. The summed E-state index contributed by atoms with van der Waals surface area (Å²) < 4.78 is 7.52. The Morgan fingerprint density at radius 3 is 3.10 bits per heavy atom. The van der Waals surface area contributed by atoms with Crippen LogP contribution in [0.4, 0.5) is 0 Å². The van der Waals surface area contributed by atoms with Gasteiger partial charge in [-0.2, -0.15) is 0 Å². The van der Waals surface area contributed by atoms with Gasteiger partial charge >= 0.3 is 0 Å². The van der Waals surface area contributed by atoms with Gasteiger partial charge in [-0.25, -0.2) is 4.98 Å². The van der Waals surface area contributed by atoms with Crippen LogP contribution in [0.3, 0.4) is 0 Å². The zero-order valence-corrected chi connectivity index (χ0v) is 16.5. The molecule has 10 heteroatoms. The topological polar surface area (TPSA) is 115 Å². The summed E-state index contributed by atoms with van der Waals surface area (Å²) in [6, 6.07) is 5.63. The van der Waals surface area contributed by atoms with Gasteiger partial charge in [0.15, 0.2) is 5.82 Å². The number of amides is 1. The summed E-state index contributed by atoms with van der Waals surface area (Å²) >= 11 is 1.41. The minimum atomic E-state index is -0.438. The number of ether oxygens (including phenoxy) is 1. The number of nitrogens with zero attached hydrogens (tertiary/aromatic N) is 4. The van der Waals surface area contributed by atoms with Gasteiger partial charge in [0.05, 0.1) is 11.1 Å². The van der Waals surface area contributed by atoms with Gasteiger partial charge in [0.1, 0.15) is 23.5 Å². The Bertz CT molecular complexity index is 1340. The molecular formula is C19H16N6O3S. The van der Waals surface area contributed by atoms with Crippen molar-refractivity contribution in [3.05, 3.63) is 62.5 Å². The fraction of sp³-hybridized carbons (Fsp3) is 0.211. The number of thiophene rings is 1. The maximum absolute atomic E-state index is 12.6. The van der Waals surface area contributed by atoms with Crippen LogP contribution in [0.15, 0.2) is 29.3 Å². The highest BCUT2D eigenvalue weighted by molar-refractivity contribution is 7.18. The summed E-state index contributed by atoms with van der Waals surface area (Å²) in [4.78, 5) is 33.4. The van der Waals surface area contributed by atoms with Gasteiger partial charge in [-0.05, 0) is 37.1 Å². The molecule has 0 atom stereocenters. The molecule has 1 aliphatic rings. The first-order valence-electron chi connectivity index (χ1n) is 8.94. The Labute approximate surface area is 168 Å². The number of aromatic nitrogens is 5. The van der Waals surface area contributed by atoms with Crippen molar-refractivity contribution in [3.8, 4) is 11.4 Å². The molecule has 4 aromatic rings. The fourth-order valence-corrected chi connectivity index (χ4v) is 4.34. The Morgan fingerprint density at radius 1 is 1.38 bits per heavy atom. The predicted molar refractivity (Wildman–Crippen MR) is 107 cm³/mol. The molecule has 0 spiro atoms. The monoisotopic (exact) mass is 408 g/mol. The number of hydrogen-bond acceptors (Lipinski definition) is 7. The zero-order valence-electron chi connectivity index (χ0n) is 15.6. The molecule has 5 rings (SSSR count). The Morgan fingerprint density at radius 2 is 2.24 bits per heavy atom. The van der Waals surface area contributed by atoms with E-state index in [4.69, 9.17) is 4.74 Å². The fourth-order valence-electron chi connectivity index (χ4n) is 3.31. The first kappa shape index (κ1) is 17.6. The van der Waals surface area contributed by atoms with E-state index < -0.39 is 5.91 Å². The Kier molecular flexibility index (Phi) is 3.95. The third-order valence-electron chi connectivity index (χ3n) is 4.97.